The number of piperidine rings is 1. The predicted octanol–water partition coefficient (Wildman–Crippen LogP) is 2.53. The van der Waals surface area contributed by atoms with Crippen molar-refractivity contribution in [1.29, 1.82) is 0 Å². The molecule has 1 aromatic rings. The molecule has 1 fully saturated rings. The molecule has 1 aliphatic rings. The number of pyridine rings is 1. The van der Waals surface area contributed by atoms with Gasteiger partial charge in [-0.1, -0.05) is 0 Å². The number of halogens is 3. The highest BCUT2D eigenvalue weighted by Crippen LogP contribution is 2.24. The van der Waals surface area contributed by atoms with Crippen molar-refractivity contribution in [2.75, 3.05) is 13.1 Å². The van der Waals surface area contributed by atoms with Crippen LogP contribution in [0.3, 0.4) is 0 Å². The van der Waals surface area contributed by atoms with E-state index in [1.165, 1.54) is 6.20 Å². The van der Waals surface area contributed by atoms with Gasteiger partial charge in [0.15, 0.2) is 0 Å². The molecular formula is C10H15Cl2FN2. The van der Waals surface area contributed by atoms with Crippen LogP contribution in [0, 0.1) is 5.82 Å². The summed E-state index contributed by atoms with van der Waals surface area (Å²) in [4.78, 5) is 3.74. The number of hydrogen-bond donors (Lipinski definition) is 1. The van der Waals surface area contributed by atoms with E-state index in [0.29, 0.717) is 5.92 Å². The predicted molar refractivity (Wildman–Crippen MR) is 63.5 cm³/mol. The fraction of sp³-hybridized carbons (Fsp3) is 0.500. The zero-order valence-electron chi connectivity index (χ0n) is 8.28. The van der Waals surface area contributed by atoms with Gasteiger partial charge in [0.1, 0.15) is 5.82 Å². The molecule has 15 heavy (non-hydrogen) atoms. The van der Waals surface area contributed by atoms with E-state index in [1.54, 1.807) is 12.3 Å². The Balaban J connectivity index is 0.000000980. The van der Waals surface area contributed by atoms with Crippen LogP contribution in [-0.4, -0.2) is 18.1 Å². The molecule has 2 rings (SSSR count). The van der Waals surface area contributed by atoms with Crippen molar-refractivity contribution in [3.05, 3.63) is 29.8 Å². The summed E-state index contributed by atoms with van der Waals surface area (Å²) in [5, 5.41) is 3.27. The summed E-state index contributed by atoms with van der Waals surface area (Å²) in [6.07, 6.45) is 5.16. The van der Waals surface area contributed by atoms with Crippen LogP contribution in [0.5, 0.6) is 0 Å². The Morgan fingerprint density at radius 3 is 2.80 bits per heavy atom. The molecule has 1 N–H and O–H groups in total. The Kier molecular flexibility index (Phi) is 6.81. The summed E-state index contributed by atoms with van der Waals surface area (Å²) in [5.41, 5.74) is 0.808. The van der Waals surface area contributed by atoms with Gasteiger partial charge in [-0.25, -0.2) is 4.39 Å². The maximum Gasteiger partial charge on any atom is 0.144 e. The fourth-order valence-electron chi connectivity index (χ4n) is 1.83. The van der Waals surface area contributed by atoms with Gasteiger partial charge in [-0.3, -0.25) is 4.98 Å². The van der Waals surface area contributed by atoms with Gasteiger partial charge in [-0.15, -0.1) is 24.8 Å². The topological polar surface area (TPSA) is 24.9 Å². The Morgan fingerprint density at radius 1 is 1.40 bits per heavy atom. The van der Waals surface area contributed by atoms with Crippen LogP contribution in [0.4, 0.5) is 4.39 Å². The van der Waals surface area contributed by atoms with Crippen molar-refractivity contribution in [3.8, 4) is 0 Å². The third-order valence-electron chi connectivity index (χ3n) is 2.54. The van der Waals surface area contributed by atoms with E-state index in [-0.39, 0.29) is 30.6 Å². The van der Waals surface area contributed by atoms with Crippen LogP contribution in [-0.2, 0) is 0 Å². The summed E-state index contributed by atoms with van der Waals surface area (Å²) < 4.78 is 13.3. The summed E-state index contributed by atoms with van der Waals surface area (Å²) in [5.74, 6) is 0.160. The van der Waals surface area contributed by atoms with Crippen molar-refractivity contribution >= 4 is 24.8 Å². The smallest absolute Gasteiger partial charge is 0.144 e. The number of aromatic nitrogens is 1. The molecule has 0 radical (unpaired) electrons. The second-order valence-electron chi connectivity index (χ2n) is 3.44. The van der Waals surface area contributed by atoms with Gasteiger partial charge >= 0.3 is 0 Å². The molecule has 0 aromatic carbocycles. The third kappa shape index (κ3) is 3.59. The minimum Gasteiger partial charge on any atom is -0.316 e. The largest absolute Gasteiger partial charge is 0.316 e. The third-order valence-corrected chi connectivity index (χ3v) is 2.54. The molecule has 86 valence electrons. The van der Waals surface area contributed by atoms with Crippen molar-refractivity contribution in [2.24, 2.45) is 0 Å². The van der Waals surface area contributed by atoms with Crippen molar-refractivity contribution in [3.63, 3.8) is 0 Å². The Labute approximate surface area is 101 Å². The molecule has 1 aromatic heterocycles. The molecule has 0 spiro atoms. The lowest BCUT2D eigenvalue weighted by Crippen LogP contribution is -2.28. The summed E-state index contributed by atoms with van der Waals surface area (Å²) in [6, 6.07) is 1.78. The molecule has 0 aliphatic carbocycles. The minimum absolute atomic E-state index is 0. The number of rotatable bonds is 1. The van der Waals surface area contributed by atoms with Crippen LogP contribution < -0.4 is 5.32 Å². The molecule has 1 aliphatic heterocycles. The lowest BCUT2D eigenvalue weighted by Gasteiger charge is -2.23. The maximum absolute atomic E-state index is 13.3. The number of hydrogen-bond acceptors (Lipinski definition) is 2. The summed E-state index contributed by atoms with van der Waals surface area (Å²) in [7, 11) is 0. The zero-order valence-corrected chi connectivity index (χ0v) is 9.91. The van der Waals surface area contributed by atoms with E-state index >= 15 is 0 Å². The first-order valence-electron chi connectivity index (χ1n) is 4.68. The normalized spacial score (nSPS) is 19.9. The molecular weight excluding hydrogens is 238 g/mol. The molecule has 0 unspecified atom stereocenters. The lowest BCUT2D eigenvalue weighted by atomic mass is 9.92. The molecule has 1 saturated heterocycles. The van der Waals surface area contributed by atoms with E-state index in [1.807, 2.05) is 0 Å². The Hall–Kier alpha value is -0.380. The molecule has 2 heterocycles. The molecule has 2 nitrogen and oxygen atoms in total. The number of nitrogens with zero attached hydrogens (tertiary/aromatic N) is 1. The van der Waals surface area contributed by atoms with Gasteiger partial charge in [-0.2, -0.15) is 0 Å². The highest BCUT2D eigenvalue weighted by molar-refractivity contribution is 5.85. The molecule has 1 atom stereocenters. The van der Waals surface area contributed by atoms with Crippen LogP contribution >= 0.6 is 24.8 Å². The monoisotopic (exact) mass is 252 g/mol. The molecule has 0 bridgehead atoms. The van der Waals surface area contributed by atoms with Gasteiger partial charge < -0.3 is 5.32 Å². The molecule has 0 saturated carbocycles. The Morgan fingerprint density at radius 2 is 2.20 bits per heavy atom. The van der Waals surface area contributed by atoms with E-state index < -0.39 is 0 Å². The first-order chi connectivity index (χ1) is 6.38. The lowest BCUT2D eigenvalue weighted by molar-refractivity contribution is 0.445. The van der Waals surface area contributed by atoms with E-state index in [4.69, 9.17) is 0 Å². The standard InChI is InChI=1S/C10H13FN2.2ClH/c11-10-7-13-5-3-9(10)8-2-1-4-12-6-8;;/h3,5,7-8,12H,1-2,4,6H2;2*1H/t8-;;/m0../s1. The second-order valence-corrected chi connectivity index (χ2v) is 3.44. The quantitative estimate of drug-likeness (QED) is 0.831. The average Bonchev–Trinajstić information content (AvgIpc) is 2.20. The maximum atomic E-state index is 13.3. The molecule has 0 amide bonds. The van der Waals surface area contributed by atoms with E-state index in [2.05, 4.69) is 10.3 Å². The van der Waals surface area contributed by atoms with Crippen molar-refractivity contribution in [2.45, 2.75) is 18.8 Å². The van der Waals surface area contributed by atoms with Gasteiger partial charge in [-0.05, 0) is 36.9 Å². The highest BCUT2D eigenvalue weighted by Gasteiger charge is 2.17. The van der Waals surface area contributed by atoms with E-state index in [9.17, 15) is 4.39 Å². The SMILES string of the molecule is Cl.Cl.Fc1cnccc1[C@H]1CCCNC1. The molecule has 5 heteroatoms. The van der Waals surface area contributed by atoms with E-state index in [0.717, 1.165) is 31.5 Å². The van der Waals surface area contributed by atoms with Crippen LogP contribution in [0.1, 0.15) is 24.3 Å². The minimum atomic E-state index is -0.170. The Bertz CT molecular complexity index is 291. The van der Waals surface area contributed by atoms with Gasteiger partial charge in [0.2, 0.25) is 0 Å². The average molecular weight is 253 g/mol. The van der Waals surface area contributed by atoms with Gasteiger partial charge in [0.25, 0.3) is 0 Å². The summed E-state index contributed by atoms with van der Waals surface area (Å²) >= 11 is 0. The van der Waals surface area contributed by atoms with Crippen molar-refractivity contribution in [1.82, 2.24) is 10.3 Å². The zero-order chi connectivity index (χ0) is 9.10. The highest BCUT2D eigenvalue weighted by atomic mass is 35.5. The first-order valence-corrected chi connectivity index (χ1v) is 4.68. The van der Waals surface area contributed by atoms with Gasteiger partial charge in [0, 0.05) is 12.7 Å². The number of nitrogens with one attached hydrogen (secondary N) is 1. The van der Waals surface area contributed by atoms with Crippen LogP contribution in [0.2, 0.25) is 0 Å². The first kappa shape index (κ1) is 14.6. The fourth-order valence-corrected chi connectivity index (χ4v) is 1.83. The van der Waals surface area contributed by atoms with Crippen LogP contribution in [0.15, 0.2) is 18.5 Å². The van der Waals surface area contributed by atoms with Crippen molar-refractivity contribution < 1.29 is 4.39 Å². The second kappa shape index (κ2) is 6.99. The van der Waals surface area contributed by atoms with Crippen LogP contribution in [0.25, 0.3) is 0 Å². The van der Waals surface area contributed by atoms with Gasteiger partial charge in [0.05, 0.1) is 6.20 Å². The summed E-state index contributed by atoms with van der Waals surface area (Å²) in [6.45, 7) is 1.95.